The van der Waals surface area contributed by atoms with Gasteiger partial charge in [-0.25, -0.2) is 0 Å². The Morgan fingerprint density at radius 3 is 2.72 bits per heavy atom. The summed E-state index contributed by atoms with van der Waals surface area (Å²) < 4.78 is 5.77. The van der Waals surface area contributed by atoms with Gasteiger partial charge in [0, 0.05) is 11.6 Å². The molecule has 1 aliphatic rings. The fourth-order valence-corrected chi connectivity index (χ4v) is 3.29. The van der Waals surface area contributed by atoms with E-state index in [9.17, 15) is 0 Å². The van der Waals surface area contributed by atoms with Crippen molar-refractivity contribution < 1.29 is 4.74 Å². The van der Waals surface area contributed by atoms with Crippen LogP contribution in [0.3, 0.4) is 0 Å². The molecule has 0 amide bonds. The molecule has 1 N–H and O–H groups in total. The fourth-order valence-electron chi connectivity index (χ4n) is 3.29. The number of ether oxygens (including phenoxy) is 1. The van der Waals surface area contributed by atoms with Crippen LogP contribution in [0.5, 0.6) is 5.75 Å². The predicted molar refractivity (Wildman–Crippen MR) is 75.9 cm³/mol. The standard InChI is InChI=1S/C16H25NO/c1-4-18-15-11-6-5-9-14(15)16(17-3)13-10-7-8-12(13)2/h5-6,9,11-13,16-17H,4,7-8,10H2,1-3H3. The van der Waals surface area contributed by atoms with Crippen LogP contribution in [0, 0.1) is 11.8 Å². The minimum absolute atomic E-state index is 0.422. The van der Waals surface area contributed by atoms with Crippen molar-refractivity contribution in [2.75, 3.05) is 13.7 Å². The Morgan fingerprint density at radius 2 is 2.11 bits per heavy atom. The van der Waals surface area contributed by atoms with Gasteiger partial charge in [0.25, 0.3) is 0 Å². The van der Waals surface area contributed by atoms with E-state index in [1.54, 1.807) is 0 Å². The molecule has 0 heterocycles. The monoisotopic (exact) mass is 247 g/mol. The molecular weight excluding hydrogens is 222 g/mol. The Morgan fingerprint density at radius 1 is 1.33 bits per heavy atom. The van der Waals surface area contributed by atoms with Crippen molar-refractivity contribution >= 4 is 0 Å². The topological polar surface area (TPSA) is 21.3 Å². The first-order valence-corrected chi connectivity index (χ1v) is 7.17. The van der Waals surface area contributed by atoms with Crippen LogP contribution in [0.25, 0.3) is 0 Å². The normalized spacial score (nSPS) is 25.1. The fraction of sp³-hybridized carbons (Fsp3) is 0.625. The Balaban J connectivity index is 2.26. The number of benzene rings is 1. The summed E-state index contributed by atoms with van der Waals surface area (Å²) in [4.78, 5) is 0. The van der Waals surface area contributed by atoms with E-state index >= 15 is 0 Å². The van der Waals surface area contributed by atoms with Crippen LogP contribution in [-0.4, -0.2) is 13.7 Å². The first kappa shape index (κ1) is 13.4. The van der Waals surface area contributed by atoms with Gasteiger partial charge in [-0.1, -0.05) is 38.0 Å². The van der Waals surface area contributed by atoms with E-state index in [1.807, 2.05) is 6.92 Å². The lowest BCUT2D eigenvalue weighted by atomic mass is 9.85. The molecule has 0 radical (unpaired) electrons. The molecule has 1 saturated carbocycles. The average Bonchev–Trinajstić information content (AvgIpc) is 2.79. The van der Waals surface area contributed by atoms with Crippen molar-refractivity contribution in [3.05, 3.63) is 29.8 Å². The third-order valence-electron chi connectivity index (χ3n) is 4.22. The smallest absolute Gasteiger partial charge is 0.124 e. The van der Waals surface area contributed by atoms with Gasteiger partial charge in [-0.3, -0.25) is 0 Å². The molecule has 0 aromatic heterocycles. The quantitative estimate of drug-likeness (QED) is 0.855. The van der Waals surface area contributed by atoms with Crippen molar-refractivity contribution in [3.8, 4) is 5.75 Å². The maximum Gasteiger partial charge on any atom is 0.124 e. The van der Waals surface area contributed by atoms with Crippen LogP contribution in [0.2, 0.25) is 0 Å². The lowest BCUT2D eigenvalue weighted by molar-refractivity contribution is 0.292. The maximum atomic E-state index is 5.77. The highest BCUT2D eigenvalue weighted by atomic mass is 16.5. The van der Waals surface area contributed by atoms with Crippen LogP contribution in [0.4, 0.5) is 0 Å². The molecule has 1 aromatic rings. The molecule has 1 fully saturated rings. The summed E-state index contributed by atoms with van der Waals surface area (Å²) in [6.07, 6.45) is 4.05. The van der Waals surface area contributed by atoms with Crippen molar-refractivity contribution in [1.82, 2.24) is 5.32 Å². The second kappa shape index (κ2) is 6.24. The first-order valence-electron chi connectivity index (χ1n) is 7.17. The third kappa shape index (κ3) is 2.69. The third-order valence-corrected chi connectivity index (χ3v) is 4.22. The average molecular weight is 247 g/mol. The van der Waals surface area contributed by atoms with Crippen LogP contribution in [0.1, 0.15) is 44.7 Å². The van der Waals surface area contributed by atoms with Gasteiger partial charge in [0.05, 0.1) is 6.61 Å². The van der Waals surface area contributed by atoms with Gasteiger partial charge in [-0.2, -0.15) is 0 Å². The van der Waals surface area contributed by atoms with E-state index in [-0.39, 0.29) is 0 Å². The van der Waals surface area contributed by atoms with Crippen LogP contribution >= 0.6 is 0 Å². The van der Waals surface area contributed by atoms with Gasteiger partial charge in [0.2, 0.25) is 0 Å². The van der Waals surface area contributed by atoms with Gasteiger partial charge in [-0.15, -0.1) is 0 Å². The molecular formula is C16H25NO. The Bertz CT molecular complexity index is 377. The zero-order chi connectivity index (χ0) is 13.0. The summed E-state index contributed by atoms with van der Waals surface area (Å²) in [6.45, 7) is 5.16. The maximum absolute atomic E-state index is 5.77. The highest BCUT2D eigenvalue weighted by Crippen LogP contribution is 2.42. The number of nitrogens with one attached hydrogen (secondary N) is 1. The molecule has 0 aliphatic heterocycles. The van der Waals surface area contributed by atoms with E-state index in [0.29, 0.717) is 6.04 Å². The van der Waals surface area contributed by atoms with E-state index in [0.717, 1.165) is 24.2 Å². The zero-order valence-corrected chi connectivity index (χ0v) is 11.8. The number of para-hydroxylation sites is 1. The molecule has 0 spiro atoms. The summed E-state index contributed by atoms with van der Waals surface area (Å²) >= 11 is 0. The van der Waals surface area contributed by atoms with Crippen molar-refractivity contribution in [2.45, 2.75) is 39.2 Å². The molecule has 3 unspecified atom stereocenters. The minimum atomic E-state index is 0.422. The lowest BCUT2D eigenvalue weighted by Crippen LogP contribution is -2.27. The van der Waals surface area contributed by atoms with E-state index in [2.05, 4.69) is 43.6 Å². The summed E-state index contributed by atoms with van der Waals surface area (Å²) in [5.74, 6) is 2.58. The van der Waals surface area contributed by atoms with Crippen LogP contribution < -0.4 is 10.1 Å². The number of hydrogen-bond acceptors (Lipinski definition) is 2. The Kier molecular flexibility index (Phi) is 4.65. The molecule has 2 nitrogen and oxygen atoms in total. The molecule has 2 heteroatoms. The Labute approximate surface area is 111 Å². The molecule has 100 valence electrons. The highest BCUT2D eigenvalue weighted by molar-refractivity contribution is 5.36. The molecule has 3 atom stereocenters. The van der Waals surface area contributed by atoms with Gasteiger partial charge >= 0.3 is 0 Å². The summed E-state index contributed by atoms with van der Waals surface area (Å²) in [5.41, 5.74) is 1.32. The number of hydrogen-bond donors (Lipinski definition) is 1. The van der Waals surface area contributed by atoms with Crippen LogP contribution in [-0.2, 0) is 0 Å². The summed E-state index contributed by atoms with van der Waals surface area (Å²) in [6, 6.07) is 8.88. The second-order valence-corrected chi connectivity index (χ2v) is 5.31. The molecule has 18 heavy (non-hydrogen) atoms. The first-order chi connectivity index (χ1) is 8.77. The van der Waals surface area contributed by atoms with E-state index in [1.165, 1.54) is 24.8 Å². The molecule has 2 rings (SSSR count). The highest BCUT2D eigenvalue weighted by Gasteiger charge is 2.32. The predicted octanol–water partition coefficient (Wildman–Crippen LogP) is 3.78. The van der Waals surface area contributed by atoms with E-state index in [4.69, 9.17) is 4.74 Å². The molecule has 1 aromatic carbocycles. The minimum Gasteiger partial charge on any atom is -0.494 e. The molecule has 0 saturated heterocycles. The largest absolute Gasteiger partial charge is 0.494 e. The molecule has 1 aliphatic carbocycles. The van der Waals surface area contributed by atoms with Gasteiger partial charge in [-0.05, 0) is 38.3 Å². The van der Waals surface area contributed by atoms with Crippen molar-refractivity contribution in [1.29, 1.82) is 0 Å². The zero-order valence-electron chi connectivity index (χ0n) is 11.8. The Hall–Kier alpha value is -1.02. The SMILES string of the molecule is CCOc1ccccc1C(NC)C1CCCC1C. The van der Waals surface area contributed by atoms with Gasteiger partial charge in [0.1, 0.15) is 5.75 Å². The molecule has 0 bridgehead atoms. The van der Waals surface area contributed by atoms with Gasteiger partial charge in [0.15, 0.2) is 0 Å². The lowest BCUT2D eigenvalue weighted by Gasteiger charge is -2.28. The van der Waals surface area contributed by atoms with Crippen molar-refractivity contribution in [3.63, 3.8) is 0 Å². The summed E-state index contributed by atoms with van der Waals surface area (Å²) in [7, 11) is 2.07. The van der Waals surface area contributed by atoms with Crippen molar-refractivity contribution in [2.24, 2.45) is 11.8 Å². The van der Waals surface area contributed by atoms with E-state index < -0.39 is 0 Å². The van der Waals surface area contributed by atoms with Crippen LogP contribution in [0.15, 0.2) is 24.3 Å². The summed E-state index contributed by atoms with van der Waals surface area (Å²) in [5, 5.41) is 3.51. The van der Waals surface area contributed by atoms with Gasteiger partial charge < -0.3 is 10.1 Å². The number of rotatable bonds is 5. The second-order valence-electron chi connectivity index (χ2n) is 5.31.